The molecule has 1 amide bonds. The third-order valence-electron chi connectivity index (χ3n) is 7.69. The summed E-state index contributed by atoms with van der Waals surface area (Å²) in [5, 5.41) is 0. The molecule has 1 saturated heterocycles. The third kappa shape index (κ3) is 5.46. The molecule has 2 unspecified atom stereocenters. The molecule has 0 spiro atoms. The number of methoxy groups -OCH3 is 4. The van der Waals surface area contributed by atoms with Crippen molar-refractivity contribution in [2.75, 3.05) is 35.0 Å². The molecule has 0 aromatic heterocycles. The largest absolute Gasteiger partial charge is 0.493 e. The van der Waals surface area contributed by atoms with Gasteiger partial charge in [0.25, 0.3) is 0 Å². The summed E-state index contributed by atoms with van der Waals surface area (Å²) in [7, 11) is 1.70. The molecule has 2 atom stereocenters. The number of sulfone groups is 1. The van der Waals surface area contributed by atoms with Gasteiger partial charge in [0.2, 0.25) is 5.91 Å². The first-order valence-electron chi connectivity index (χ1n) is 13.1. The monoisotopic (exact) mass is 567 g/mol. The lowest BCUT2D eigenvalue weighted by molar-refractivity contribution is -0.170. The van der Waals surface area contributed by atoms with Gasteiger partial charge in [-0.05, 0) is 48.7 Å². The first-order valence-corrected chi connectivity index (χ1v) is 14.6. The minimum Gasteiger partial charge on any atom is -0.493 e. The highest BCUT2D eigenvalue weighted by molar-refractivity contribution is 7.93. The first kappa shape index (κ1) is 29.6. The molecule has 40 heavy (non-hydrogen) atoms. The van der Waals surface area contributed by atoms with E-state index < -0.39 is 32.7 Å². The van der Waals surface area contributed by atoms with Crippen LogP contribution >= 0.6 is 0 Å². The zero-order chi connectivity index (χ0) is 28.9. The minimum absolute atomic E-state index is 0.0736. The van der Waals surface area contributed by atoms with Crippen molar-refractivity contribution in [1.82, 2.24) is 4.90 Å². The Balaban J connectivity index is 1.95. The standard InChI is InChI=1S/C31H37NO7S/c1-22-11-14-25(15-12-22)40(34,35)31(20-24-13-16-27(36-2)28(19-24)37-3)26(29(38-4)39-5)17-18-32(30(31)33)21-23-9-7-6-8-10-23/h6-16,19,26,29H,17-18,20-21H2,1-5H3. The number of benzene rings is 3. The summed E-state index contributed by atoms with van der Waals surface area (Å²) in [5.41, 5.74) is 2.44. The molecular formula is C31H37NO7S. The van der Waals surface area contributed by atoms with Crippen molar-refractivity contribution in [1.29, 1.82) is 0 Å². The molecule has 0 N–H and O–H groups in total. The number of aryl methyl sites for hydroxylation is 1. The fraction of sp³-hybridized carbons (Fsp3) is 0.387. The van der Waals surface area contributed by atoms with E-state index in [1.54, 1.807) is 47.4 Å². The van der Waals surface area contributed by atoms with Crippen molar-refractivity contribution < 1.29 is 32.2 Å². The minimum atomic E-state index is -4.29. The molecular weight excluding hydrogens is 530 g/mol. The number of carbonyl (C=O) groups is 1. The summed E-state index contributed by atoms with van der Waals surface area (Å²) < 4.78 is 50.0. The Bertz CT molecular complexity index is 1410. The van der Waals surface area contributed by atoms with Crippen LogP contribution < -0.4 is 9.47 Å². The van der Waals surface area contributed by atoms with Crippen LogP contribution in [0.4, 0.5) is 0 Å². The van der Waals surface area contributed by atoms with Gasteiger partial charge in [0.05, 0.1) is 19.1 Å². The predicted octanol–water partition coefficient (Wildman–Crippen LogP) is 4.44. The van der Waals surface area contributed by atoms with Crippen molar-refractivity contribution in [2.24, 2.45) is 5.92 Å². The molecule has 214 valence electrons. The van der Waals surface area contributed by atoms with Crippen LogP contribution in [0.2, 0.25) is 0 Å². The van der Waals surface area contributed by atoms with Gasteiger partial charge < -0.3 is 23.8 Å². The average Bonchev–Trinajstić information content (AvgIpc) is 2.97. The maximum Gasteiger partial charge on any atom is 0.245 e. The summed E-state index contributed by atoms with van der Waals surface area (Å²) in [6.07, 6.45) is -0.673. The Morgan fingerprint density at radius 1 is 0.875 bits per heavy atom. The van der Waals surface area contributed by atoms with E-state index in [1.807, 2.05) is 37.3 Å². The topological polar surface area (TPSA) is 91.4 Å². The fourth-order valence-corrected chi connectivity index (χ4v) is 7.89. The Morgan fingerprint density at radius 3 is 2.12 bits per heavy atom. The molecule has 3 aromatic carbocycles. The highest BCUT2D eigenvalue weighted by atomic mass is 32.2. The quantitative estimate of drug-likeness (QED) is 0.317. The maximum atomic E-state index is 14.8. The molecule has 1 aliphatic rings. The van der Waals surface area contributed by atoms with E-state index in [0.717, 1.165) is 11.1 Å². The molecule has 0 radical (unpaired) electrons. The predicted molar refractivity (Wildman–Crippen MR) is 152 cm³/mol. The van der Waals surface area contributed by atoms with E-state index in [1.165, 1.54) is 28.4 Å². The van der Waals surface area contributed by atoms with E-state index in [2.05, 4.69) is 0 Å². The number of hydrogen-bond donors (Lipinski definition) is 0. The van der Waals surface area contributed by atoms with Gasteiger partial charge in [-0.3, -0.25) is 4.79 Å². The van der Waals surface area contributed by atoms with E-state index in [0.29, 0.717) is 30.0 Å². The Hall–Kier alpha value is -3.40. The van der Waals surface area contributed by atoms with Crippen molar-refractivity contribution in [3.63, 3.8) is 0 Å². The van der Waals surface area contributed by atoms with Gasteiger partial charge in [-0.2, -0.15) is 0 Å². The first-order chi connectivity index (χ1) is 19.2. The summed E-state index contributed by atoms with van der Waals surface area (Å²) in [6.45, 7) is 2.53. The van der Waals surface area contributed by atoms with E-state index in [4.69, 9.17) is 18.9 Å². The molecule has 0 bridgehead atoms. The SMILES string of the molecule is COc1ccc(CC2(S(=O)(=O)c3ccc(C)cc3)C(=O)N(Cc3ccccc3)CCC2C(OC)OC)cc1OC. The van der Waals surface area contributed by atoms with Gasteiger partial charge in [0.1, 0.15) is 0 Å². The van der Waals surface area contributed by atoms with Crippen LogP contribution in [0.1, 0.15) is 23.1 Å². The van der Waals surface area contributed by atoms with Crippen LogP contribution in [0.3, 0.4) is 0 Å². The van der Waals surface area contributed by atoms with Crippen molar-refractivity contribution in [2.45, 2.75) is 42.2 Å². The molecule has 3 aromatic rings. The number of hydrogen-bond acceptors (Lipinski definition) is 7. The van der Waals surface area contributed by atoms with E-state index >= 15 is 0 Å². The maximum absolute atomic E-state index is 14.8. The number of ether oxygens (including phenoxy) is 4. The van der Waals surface area contributed by atoms with Gasteiger partial charge in [-0.1, -0.05) is 54.1 Å². The Morgan fingerprint density at radius 2 is 1.52 bits per heavy atom. The summed E-state index contributed by atoms with van der Waals surface area (Å²) in [6, 6.07) is 21.4. The van der Waals surface area contributed by atoms with Gasteiger partial charge in [0, 0.05) is 39.6 Å². The molecule has 1 fully saturated rings. The van der Waals surface area contributed by atoms with E-state index in [9.17, 15) is 13.2 Å². The van der Waals surface area contributed by atoms with Crippen LogP contribution in [-0.2, 0) is 37.1 Å². The highest BCUT2D eigenvalue weighted by Gasteiger charge is 2.62. The van der Waals surface area contributed by atoms with Crippen LogP contribution in [0, 0.1) is 12.8 Å². The van der Waals surface area contributed by atoms with Crippen LogP contribution in [0.15, 0.2) is 77.7 Å². The number of amides is 1. The molecule has 4 rings (SSSR count). The van der Waals surface area contributed by atoms with Gasteiger partial charge >= 0.3 is 0 Å². The second kappa shape index (κ2) is 12.4. The van der Waals surface area contributed by atoms with Gasteiger partial charge in [0.15, 0.2) is 32.4 Å². The number of nitrogens with zero attached hydrogens (tertiary/aromatic N) is 1. The smallest absolute Gasteiger partial charge is 0.245 e. The molecule has 0 aliphatic carbocycles. The summed E-state index contributed by atoms with van der Waals surface area (Å²) in [5.74, 6) is -0.326. The molecule has 8 nitrogen and oxygen atoms in total. The Labute approximate surface area is 236 Å². The van der Waals surface area contributed by atoms with Crippen molar-refractivity contribution in [3.8, 4) is 11.5 Å². The number of piperidine rings is 1. The number of rotatable bonds is 11. The number of carbonyl (C=O) groups excluding carboxylic acids is 1. The summed E-state index contributed by atoms with van der Waals surface area (Å²) in [4.78, 5) is 16.5. The highest BCUT2D eigenvalue weighted by Crippen LogP contribution is 2.45. The lowest BCUT2D eigenvalue weighted by Crippen LogP contribution is -2.66. The van der Waals surface area contributed by atoms with Gasteiger partial charge in [-0.15, -0.1) is 0 Å². The van der Waals surface area contributed by atoms with E-state index in [-0.39, 0.29) is 17.9 Å². The lowest BCUT2D eigenvalue weighted by atomic mass is 9.78. The zero-order valence-corrected chi connectivity index (χ0v) is 24.4. The molecule has 9 heteroatoms. The normalized spacial score (nSPS) is 19.6. The fourth-order valence-electron chi connectivity index (χ4n) is 5.63. The molecule has 1 heterocycles. The molecule has 0 saturated carbocycles. The molecule has 1 aliphatic heterocycles. The van der Waals surface area contributed by atoms with Crippen molar-refractivity contribution >= 4 is 15.7 Å². The Kier molecular flexibility index (Phi) is 9.18. The second-order valence-electron chi connectivity index (χ2n) is 10.0. The lowest BCUT2D eigenvalue weighted by Gasteiger charge is -2.48. The summed E-state index contributed by atoms with van der Waals surface area (Å²) >= 11 is 0. The third-order valence-corrected chi connectivity index (χ3v) is 10.2. The zero-order valence-electron chi connectivity index (χ0n) is 23.6. The van der Waals surface area contributed by atoms with Crippen molar-refractivity contribution in [3.05, 3.63) is 89.5 Å². The van der Waals surface area contributed by atoms with Gasteiger partial charge in [-0.25, -0.2) is 8.42 Å². The van der Waals surface area contributed by atoms with Crippen LogP contribution in [0.5, 0.6) is 11.5 Å². The number of likely N-dealkylation sites (tertiary alicyclic amines) is 1. The van der Waals surface area contributed by atoms with Crippen LogP contribution in [0.25, 0.3) is 0 Å². The van der Waals surface area contributed by atoms with Crippen LogP contribution in [-0.4, -0.2) is 65.2 Å². The second-order valence-corrected chi connectivity index (χ2v) is 12.2. The average molecular weight is 568 g/mol.